The zero-order chi connectivity index (χ0) is 18.0. The Bertz CT molecular complexity index is 676. The molecule has 0 bridgehead atoms. The zero-order valence-corrected chi connectivity index (χ0v) is 14.4. The van der Waals surface area contributed by atoms with Gasteiger partial charge in [-0.25, -0.2) is 0 Å². The van der Waals surface area contributed by atoms with Crippen molar-refractivity contribution in [1.82, 2.24) is 15.0 Å². The normalized spacial score (nSPS) is 17.9. The summed E-state index contributed by atoms with van der Waals surface area (Å²) in [6.07, 6.45) is 4.54. The number of fused-ring (bicyclic) bond motifs is 1. The zero-order valence-electron chi connectivity index (χ0n) is 14.4. The first-order valence-corrected chi connectivity index (χ1v) is 8.71. The van der Waals surface area contributed by atoms with Crippen LogP contribution in [-0.4, -0.2) is 64.5 Å². The molecule has 1 saturated heterocycles. The number of carbonyl (C=O) groups excluding carboxylic acids is 2. The van der Waals surface area contributed by atoms with Gasteiger partial charge in [0, 0.05) is 32.1 Å². The number of amides is 2. The second-order valence-corrected chi connectivity index (χ2v) is 6.79. The molecule has 3 rings (SSSR count). The van der Waals surface area contributed by atoms with Gasteiger partial charge in [0.1, 0.15) is 5.76 Å². The fourth-order valence-electron chi connectivity index (χ4n) is 3.48. The Morgan fingerprint density at radius 2 is 1.92 bits per heavy atom. The van der Waals surface area contributed by atoms with Crippen LogP contribution in [0.4, 0.5) is 0 Å². The fourth-order valence-corrected chi connectivity index (χ4v) is 3.48. The molecule has 0 radical (unpaired) electrons. The lowest BCUT2D eigenvalue weighted by Crippen LogP contribution is -2.45. The second-order valence-electron chi connectivity index (χ2n) is 6.79. The van der Waals surface area contributed by atoms with E-state index in [1.807, 2.05) is 0 Å². The molecule has 2 amide bonds. The molecule has 0 spiro atoms. The van der Waals surface area contributed by atoms with Gasteiger partial charge in [-0.1, -0.05) is 5.16 Å². The van der Waals surface area contributed by atoms with Crippen LogP contribution in [0.1, 0.15) is 47.5 Å². The van der Waals surface area contributed by atoms with E-state index in [0.29, 0.717) is 31.6 Å². The van der Waals surface area contributed by atoms with Crippen LogP contribution in [0.25, 0.3) is 0 Å². The number of aromatic nitrogens is 1. The van der Waals surface area contributed by atoms with Crippen LogP contribution in [0.2, 0.25) is 0 Å². The van der Waals surface area contributed by atoms with Crippen LogP contribution in [0.15, 0.2) is 4.52 Å². The number of carboxylic acid groups (broad SMARTS) is 1. The highest BCUT2D eigenvalue weighted by atomic mass is 16.5. The average molecular weight is 349 g/mol. The smallest absolute Gasteiger partial charge is 0.306 e. The van der Waals surface area contributed by atoms with Gasteiger partial charge in [-0.15, -0.1) is 0 Å². The van der Waals surface area contributed by atoms with Crippen LogP contribution in [0, 0.1) is 5.92 Å². The number of carbonyl (C=O) groups is 3. The molecular formula is C17H23N3O5. The van der Waals surface area contributed by atoms with E-state index >= 15 is 0 Å². The molecule has 1 N–H and O–H groups in total. The Labute approximate surface area is 145 Å². The molecule has 0 unspecified atom stereocenters. The quantitative estimate of drug-likeness (QED) is 0.868. The molecule has 2 aliphatic rings. The van der Waals surface area contributed by atoms with E-state index in [1.165, 1.54) is 4.90 Å². The van der Waals surface area contributed by atoms with E-state index < -0.39 is 5.97 Å². The van der Waals surface area contributed by atoms with Gasteiger partial charge in [-0.05, 0) is 32.1 Å². The molecule has 0 saturated carbocycles. The summed E-state index contributed by atoms with van der Waals surface area (Å²) in [5.41, 5.74) is 1.19. The minimum atomic E-state index is -0.810. The summed E-state index contributed by atoms with van der Waals surface area (Å²) in [7, 11) is 1.58. The van der Waals surface area contributed by atoms with Crippen molar-refractivity contribution < 1.29 is 24.0 Å². The summed E-state index contributed by atoms with van der Waals surface area (Å²) in [5.74, 6) is -0.886. The van der Waals surface area contributed by atoms with Crippen molar-refractivity contribution in [2.24, 2.45) is 5.92 Å². The highest BCUT2D eigenvalue weighted by Crippen LogP contribution is 2.25. The van der Waals surface area contributed by atoms with Gasteiger partial charge in [0.2, 0.25) is 5.91 Å². The topological polar surface area (TPSA) is 104 Å². The molecule has 0 atom stereocenters. The Hall–Kier alpha value is -2.38. The third kappa shape index (κ3) is 3.67. The first-order chi connectivity index (χ1) is 12.0. The lowest BCUT2D eigenvalue weighted by molar-refractivity contribution is -0.145. The van der Waals surface area contributed by atoms with Gasteiger partial charge in [0.25, 0.3) is 5.91 Å². The van der Waals surface area contributed by atoms with E-state index in [2.05, 4.69) is 5.16 Å². The van der Waals surface area contributed by atoms with Crippen LogP contribution in [0.5, 0.6) is 0 Å². The molecular weight excluding hydrogens is 326 g/mol. The van der Waals surface area contributed by atoms with Crippen molar-refractivity contribution in [3.8, 4) is 0 Å². The van der Waals surface area contributed by atoms with Crippen molar-refractivity contribution in [1.29, 1.82) is 0 Å². The minimum absolute atomic E-state index is 0.0434. The van der Waals surface area contributed by atoms with E-state index in [0.717, 1.165) is 37.0 Å². The molecule has 1 aromatic heterocycles. The fraction of sp³-hybridized carbons (Fsp3) is 0.647. The molecule has 0 aromatic carbocycles. The summed E-state index contributed by atoms with van der Waals surface area (Å²) < 4.78 is 5.27. The highest BCUT2D eigenvalue weighted by Gasteiger charge is 2.30. The monoisotopic (exact) mass is 349 g/mol. The number of aryl methyl sites for hydroxylation is 1. The average Bonchev–Trinajstić information content (AvgIpc) is 3.05. The number of rotatable bonds is 4. The van der Waals surface area contributed by atoms with Crippen LogP contribution >= 0.6 is 0 Å². The predicted molar refractivity (Wildman–Crippen MR) is 87.0 cm³/mol. The number of nitrogens with zero attached hydrogens (tertiary/aromatic N) is 3. The number of likely N-dealkylation sites (tertiary alicyclic amines) is 1. The maximum Gasteiger partial charge on any atom is 0.306 e. The number of aliphatic carboxylic acids is 1. The first-order valence-electron chi connectivity index (χ1n) is 8.71. The summed E-state index contributed by atoms with van der Waals surface area (Å²) in [6, 6.07) is 0. The Balaban J connectivity index is 1.57. The van der Waals surface area contributed by atoms with Crippen molar-refractivity contribution in [2.45, 2.75) is 38.5 Å². The Kier molecular flexibility index (Phi) is 5.06. The third-order valence-corrected chi connectivity index (χ3v) is 5.07. The third-order valence-electron chi connectivity index (χ3n) is 5.07. The maximum atomic E-state index is 12.6. The molecule has 1 fully saturated rings. The van der Waals surface area contributed by atoms with E-state index in [4.69, 9.17) is 9.63 Å². The summed E-state index contributed by atoms with van der Waals surface area (Å²) >= 11 is 0. The van der Waals surface area contributed by atoms with Gasteiger partial charge < -0.3 is 19.4 Å². The van der Waals surface area contributed by atoms with Crippen molar-refractivity contribution >= 4 is 17.8 Å². The van der Waals surface area contributed by atoms with Crippen LogP contribution < -0.4 is 0 Å². The van der Waals surface area contributed by atoms with E-state index in [9.17, 15) is 14.4 Å². The van der Waals surface area contributed by atoms with Gasteiger partial charge >= 0.3 is 5.97 Å². The van der Waals surface area contributed by atoms with E-state index in [1.54, 1.807) is 11.9 Å². The van der Waals surface area contributed by atoms with Crippen molar-refractivity contribution in [2.75, 3.05) is 26.7 Å². The molecule has 2 heterocycles. The minimum Gasteiger partial charge on any atom is -0.481 e. The van der Waals surface area contributed by atoms with Crippen LogP contribution in [-0.2, 0) is 22.4 Å². The molecule has 136 valence electrons. The molecule has 8 heteroatoms. The number of likely N-dealkylation sites (N-methyl/N-ethyl adjacent to an activating group) is 1. The first kappa shape index (κ1) is 17.4. The molecule has 25 heavy (non-hydrogen) atoms. The predicted octanol–water partition coefficient (Wildman–Crippen LogP) is 0.949. The SMILES string of the molecule is CN(CC(=O)N1CCC(C(=O)O)CC1)C(=O)c1noc2c1CCCC2. The van der Waals surface area contributed by atoms with Gasteiger partial charge in [-0.3, -0.25) is 14.4 Å². The number of carboxylic acids is 1. The molecule has 1 aromatic rings. The molecule has 1 aliphatic carbocycles. The van der Waals surface area contributed by atoms with Gasteiger partial charge in [0.15, 0.2) is 5.69 Å². The highest BCUT2D eigenvalue weighted by molar-refractivity contribution is 5.96. The van der Waals surface area contributed by atoms with Crippen molar-refractivity contribution in [3.05, 3.63) is 17.0 Å². The standard InChI is InChI=1S/C17H23N3O5/c1-19(10-14(21)20-8-6-11(7-9-20)17(23)24)16(22)15-12-4-2-3-5-13(12)25-18-15/h11H,2-10H2,1H3,(H,23,24). The summed E-state index contributed by atoms with van der Waals surface area (Å²) in [4.78, 5) is 38.9. The Morgan fingerprint density at radius 1 is 1.24 bits per heavy atom. The largest absolute Gasteiger partial charge is 0.481 e. The van der Waals surface area contributed by atoms with E-state index in [-0.39, 0.29) is 24.3 Å². The number of hydrogen-bond donors (Lipinski definition) is 1. The molecule has 1 aliphatic heterocycles. The van der Waals surface area contributed by atoms with Gasteiger partial charge in [-0.2, -0.15) is 0 Å². The van der Waals surface area contributed by atoms with Gasteiger partial charge in [0.05, 0.1) is 12.5 Å². The number of piperidine rings is 1. The summed E-state index contributed by atoms with van der Waals surface area (Å²) in [6.45, 7) is 0.784. The van der Waals surface area contributed by atoms with Crippen molar-refractivity contribution in [3.63, 3.8) is 0 Å². The lowest BCUT2D eigenvalue weighted by atomic mass is 9.96. The Morgan fingerprint density at radius 3 is 2.60 bits per heavy atom. The van der Waals surface area contributed by atoms with Crippen LogP contribution in [0.3, 0.4) is 0 Å². The maximum absolute atomic E-state index is 12.6. The molecule has 8 nitrogen and oxygen atoms in total. The summed E-state index contributed by atoms with van der Waals surface area (Å²) in [5, 5.41) is 12.9. The lowest BCUT2D eigenvalue weighted by Gasteiger charge is -2.31. The number of hydrogen-bond acceptors (Lipinski definition) is 5. The second kappa shape index (κ2) is 7.25.